The summed E-state index contributed by atoms with van der Waals surface area (Å²) in [5, 5.41) is 0. The summed E-state index contributed by atoms with van der Waals surface area (Å²) in [6, 6.07) is 0. The molecule has 0 aromatic heterocycles. The molecule has 0 aromatic rings. The second-order valence-corrected chi connectivity index (χ2v) is 2.93. The Kier molecular flexibility index (Phi) is 4.92. The van der Waals surface area contributed by atoms with E-state index in [1.165, 1.54) is 32.8 Å². The van der Waals surface area contributed by atoms with Crippen LogP contribution in [0.15, 0.2) is 0 Å². The van der Waals surface area contributed by atoms with E-state index in [2.05, 4.69) is 4.74 Å². The number of esters is 1. The second kappa shape index (κ2) is 5.16. The number of methoxy groups -OCH3 is 1. The lowest BCUT2D eigenvalue weighted by Gasteiger charge is -2.04. The summed E-state index contributed by atoms with van der Waals surface area (Å²) < 4.78 is 4.57. The van der Waals surface area contributed by atoms with Gasteiger partial charge in [0.1, 0.15) is 0 Å². The lowest BCUT2D eigenvalue weighted by atomic mass is 10.1. The first-order valence-corrected chi connectivity index (χ1v) is 3.89. The van der Waals surface area contributed by atoms with E-state index in [0.717, 1.165) is 0 Å². The van der Waals surface area contributed by atoms with Gasteiger partial charge in [0.25, 0.3) is 0 Å². The molecular weight excluding hydrogens is 140 g/mol. The fraction of sp³-hybridized carbons (Fsp3) is 0.889. The Labute approximate surface area is 68.9 Å². The molecule has 0 unspecified atom stereocenters. The van der Waals surface area contributed by atoms with E-state index >= 15 is 0 Å². The summed E-state index contributed by atoms with van der Waals surface area (Å²) >= 11 is 0. The number of carbonyl (C=O) groups is 1. The highest BCUT2D eigenvalue weighted by molar-refractivity contribution is 5.69. The Morgan fingerprint density at radius 1 is 1.45 bits per heavy atom. The van der Waals surface area contributed by atoms with E-state index in [9.17, 15) is 4.79 Å². The van der Waals surface area contributed by atoms with Crippen molar-refractivity contribution in [1.82, 2.24) is 0 Å². The van der Waals surface area contributed by atoms with Crippen LogP contribution in [0.1, 0.15) is 39.5 Å². The number of carbonyl (C=O) groups excluding carboxylic acids is 1. The summed E-state index contributed by atoms with van der Waals surface area (Å²) in [6.45, 7) is 0. The first kappa shape index (κ1) is 10.5. The average Bonchev–Trinajstić information content (AvgIpc) is 2.40. The largest absolute Gasteiger partial charge is 0.469 e. The van der Waals surface area contributed by atoms with Gasteiger partial charge in [0.2, 0.25) is 0 Å². The van der Waals surface area contributed by atoms with Gasteiger partial charge >= 0.3 is 5.97 Å². The first-order chi connectivity index (χ1) is 4.83. The highest BCUT2D eigenvalue weighted by Crippen LogP contribution is 2.27. The van der Waals surface area contributed by atoms with Crippen molar-refractivity contribution in [1.29, 1.82) is 0 Å². The third kappa shape index (κ3) is 3.40. The standard InChI is InChI=1S/C8H14O2.CH4/c1-10-8(9)6-7-4-2-3-5-7;/h7H,2-6H2,1H3;1H4. The minimum atomic E-state index is -0.0492. The third-order valence-corrected chi connectivity index (χ3v) is 2.16. The van der Waals surface area contributed by atoms with Crippen LogP contribution in [0.4, 0.5) is 0 Å². The Balaban J connectivity index is 0.000001000. The molecule has 0 saturated heterocycles. The van der Waals surface area contributed by atoms with Crippen LogP contribution in [0.5, 0.6) is 0 Å². The maximum atomic E-state index is 10.7. The van der Waals surface area contributed by atoms with E-state index < -0.39 is 0 Å². The Morgan fingerprint density at radius 3 is 2.45 bits per heavy atom. The molecule has 0 spiro atoms. The molecule has 2 heteroatoms. The zero-order valence-corrected chi connectivity index (χ0v) is 6.43. The third-order valence-electron chi connectivity index (χ3n) is 2.16. The van der Waals surface area contributed by atoms with Gasteiger partial charge < -0.3 is 4.74 Å². The number of hydrogen-bond donors (Lipinski definition) is 0. The van der Waals surface area contributed by atoms with Gasteiger partial charge in [0, 0.05) is 6.42 Å². The van der Waals surface area contributed by atoms with Crippen LogP contribution >= 0.6 is 0 Å². The van der Waals surface area contributed by atoms with Crippen LogP contribution in [0.25, 0.3) is 0 Å². The Hall–Kier alpha value is -0.530. The topological polar surface area (TPSA) is 26.3 Å². The molecule has 0 amide bonds. The maximum absolute atomic E-state index is 10.7. The van der Waals surface area contributed by atoms with Crippen LogP contribution in [-0.2, 0) is 9.53 Å². The lowest BCUT2D eigenvalue weighted by Crippen LogP contribution is -2.06. The number of rotatable bonds is 2. The molecule has 1 fully saturated rings. The zero-order chi connectivity index (χ0) is 7.40. The fourth-order valence-corrected chi connectivity index (χ4v) is 1.53. The van der Waals surface area contributed by atoms with Gasteiger partial charge in [0.15, 0.2) is 0 Å². The number of hydrogen-bond acceptors (Lipinski definition) is 2. The summed E-state index contributed by atoms with van der Waals surface area (Å²) in [6.07, 6.45) is 5.66. The van der Waals surface area contributed by atoms with E-state index in [-0.39, 0.29) is 13.4 Å². The maximum Gasteiger partial charge on any atom is 0.305 e. The van der Waals surface area contributed by atoms with Crippen molar-refractivity contribution >= 4 is 5.97 Å². The van der Waals surface area contributed by atoms with Crippen LogP contribution in [0, 0.1) is 5.92 Å². The van der Waals surface area contributed by atoms with E-state index in [1.807, 2.05) is 0 Å². The molecule has 0 aliphatic heterocycles. The molecular formula is C9H18O2. The average molecular weight is 158 g/mol. The van der Waals surface area contributed by atoms with Gasteiger partial charge in [-0.15, -0.1) is 0 Å². The number of ether oxygens (including phenoxy) is 1. The predicted octanol–water partition coefficient (Wildman–Crippen LogP) is 2.38. The van der Waals surface area contributed by atoms with Crippen LogP contribution in [0.3, 0.4) is 0 Å². The summed E-state index contributed by atoms with van der Waals surface area (Å²) in [7, 11) is 1.46. The van der Waals surface area contributed by atoms with Crippen molar-refractivity contribution in [3.8, 4) is 0 Å². The van der Waals surface area contributed by atoms with Gasteiger partial charge in [-0.1, -0.05) is 20.3 Å². The molecule has 0 atom stereocenters. The summed E-state index contributed by atoms with van der Waals surface area (Å²) in [5.74, 6) is 0.569. The minimum Gasteiger partial charge on any atom is -0.469 e. The van der Waals surface area contributed by atoms with Crippen molar-refractivity contribution in [3.05, 3.63) is 0 Å². The van der Waals surface area contributed by atoms with Crippen molar-refractivity contribution in [2.45, 2.75) is 39.5 Å². The monoisotopic (exact) mass is 158 g/mol. The first-order valence-electron chi connectivity index (χ1n) is 3.89. The molecule has 1 rings (SSSR count). The molecule has 2 nitrogen and oxygen atoms in total. The van der Waals surface area contributed by atoms with Gasteiger partial charge in [-0.3, -0.25) is 4.79 Å². The van der Waals surface area contributed by atoms with E-state index in [1.54, 1.807) is 0 Å². The quantitative estimate of drug-likeness (QED) is 0.577. The highest BCUT2D eigenvalue weighted by Gasteiger charge is 2.18. The lowest BCUT2D eigenvalue weighted by molar-refractivity contribution is -0.141. The smallest absolute Gasteiger partial charge is 0.305 e. The highest BCUT2D eigenvalue weighted by atomic mass is 16.5. The van der Waals surface area contributed by atoms with Gasteiger partial charge in [-0.2, -0.15) is 0 Å². The molecule has 66 valence electrons. The van der Waals surface area contributed by atoms with Crippen LogP contribution in [0.2, 0.25) is 0 Å². The molecule has 1 aliphatic rings. The fourth-order valence-electron chi connectivity index (χ4n) is 1.53. The second-order valence-electron chi connectivity index (χ2n) is 2.93. The molecule has 1 saturated carbocycles. The Morgan fingerprint density at radius 2 is 2.00 bits per heavy atom. The zero-order valence-electron chi connectivity index (χ0n) is 6.43. The molecule has 1 aliphatic carbocycles. The minimum absolute atomic E-state index is 0. The van der Waals surface area contributed by atoms with Crippen molar-refractivity contribution < 1.29 is 9.53 Å². The van der Waals surface area contributed by atoms with Crippen molar-refractivity contribution in [3.63, 3.8) is 0 Å². The van der Waals surface area contributed by atoms with Crippen LogP contribution in [-0.4, -0.2) is 13.1 Å². The van der Waals surface area contributed by atoms with Gasteiger partial charge in [-0.25, -0.2) is 0 Å². The summed E-state index contributed by atoms with van der Waals surface area (Å²) in [5.41, 5.74) is 0. The van der Waals surface area contributed by atoms with Crippen molar-refractivity contribution in [2.24, 2.45) is 5.92 Å². The molecule has 0 bridgehead atoms. The van der Waals surface area contributed by atoms with Gasteiger partial charge in [0.05, 0.1) is 7.11 Å². The van der Waals surface area contributed by atoms with E-state index in [4.69, 9.17) is 0 Å². The SMILES string of the molecule is C.COC(=O)CC1CCCC1. The molecule has 0 heterocycles. The van der Waals surface area contributed by atoms with Gasteiger partial charge in [-0.05, 0) is 18.8 Å². The Bertz CT molecular complexity index is 115. The molecule has 11 heavy (non-hydrogen) atoms. The summed E-state index contributed by atoms with van der Waals surface area (Å²) in [4.78, 5) is 10.7. The molecule has 0 aromatic carbocycles. The molecule has 0 radical (unpaired) electrons. The van der Waals surface area contributed by atoms with Crippen LogP contribution < -0.4 is 0 Å². The predicted molar refractivity (Wildman–Crippen MR) is 45.3 cm³/mol. The normalized spacial score (nSPS) is 17.5. The van der Waals surface area contributed by atoms with E-state index in [0.29, 0.717) is 12.3 Å². The van der Waals surface area contributed by atoms with Crippen molar-refractivity contribution in [2.75, 3.05) is 7.11 Å². The molecule has 0 N–H and O–H groups in total.